The summed E-state index contributed by atoms with van der Waals surface area (Å²) in [5, 5.41) is 13.8. The van der Waals surface area contributed by atoms with Gasteiger partial charge in [-0.1, -0.05) is 37.2 Å². The topological polar surface area (TPSA) is 116 Å². The molecule has 3 aromatic rings. The molecular formula is C26H29N5O3. The van der Waals surface area contributed by atoms with Gasteiger partial charge in [0.25, 0.3) is 0 Å². The van der Waals surface area contributed by atoms with E-state index < -0.39 is 5.79 Å². The van der Waals surface area contributed by atoms with Crippen LogP contribution >= 0.6 is 0 Å². The van der Waals surface area contributed by atoms with Crippen molar-refractivity contribution in [2.75, 3.05) is 13.2 Å². The number of amidine groups is 1. The van der Waals surface area contributed by atoms with Crippen LogP contribution in [0.2, 0.25) is 0 Å². The zero-order valence-electron chi connectivity index (χ0n) is 19.5. The third-order valence-electron chi connectivity index (χ3n) is 8.38. The number of para-hydroxylation sites is 1. The van der Waals surface area contributed by atoms with E-state index >= 15 is 0 Å². The Morgan fingerprint density at radius 2 is 1.94 bits per heavy atom. The maximum absolute atomic E-state index is 9.56. The Labute approximate surface area is 198 Å². The highest BCUT2D eigenvalue weighted by Gasteiger charge is 2.57. The lowest BCUT2D eigenvalue weighted by Gasteiger charge is -2.54. The van der Waals surface area contributed by atoms with Gasteiger partial charge < -0.3 is 20.4 Å². The van der Waals surface area contributed by atoms with Gasteiger partial charge in [-0.05, 0) is 37.3 Å². The number of nitrogens with two attached hydrogens (primary N) is 1. The van der Waals surface area contributed by atoms with Crippen molar-refractivity contribution in [3.63, 3.8) is 0 Å². The van der Waals surface area contributed by atoms with Gasteiger partial charge in [0, 0.05) is 40.5 Å². The van der Waals surface area contributed by atoms with Crippen LogP contribution in [-0.4, -0.2) is 45.0 Å². The summed E-state index contributed by atoms with van der Waals surface area (Å²) >= 11 is 0. The second kappa shape index (κ2) is 7.71. The summed E-state index contributed by atoms with van der Waals surface area (Å²) in [7, 11) is 0. The molecule has 0 radical (unpaired) electrons. The van der Waals surface area contributed by atoms with Gasteiger partial charge in [0.2, 0.25) is 0 Å². The fourth-order valence-corrected chi connectivity index (χ4v) is 6.61. The molecule has 2 aromatic heterocycles. The van der Waals surface area contributed by atoms with Gasteiger partial charge in [-0.15, -0.1) is 0 Å². The molecule has 8 heteroatoms. The lowest BCUT2D eigenvalue weighted by molar-refractivity contribution is -0.234. The standard InChI is InChI=1S/C26H29N5O3/c1-15-19-8-7-18-21(23(27)31-32)29-24(17-9-12-28-20-6-4-3-5-16(17)20)30-22(18)25(19,2)10-11-26(15)33-13-14-34-26/h3-6,9,12,15,19,32H,7-8,10-11,13-14H2,1-2H3,(H2,27,31)/t15-,19-,25-/m1/s1. The van der Waals surface area contributed by atoms with Crippen LogP contribution in [0.5, 0.6) is 0 Å². The minimum atomic E-state index is -0.493. The summed E-state index contributed by atoms with van der Waals surface area (Å²) in [5.41, 5.74) is 10.2. The molecule has 2 fully saturated rings. The van der Waals surface area contributed by atoms with Crippen molar-refractivity contribution in [1.29, 1.82) is 0 Å². The molecule has 1 aromatic carbocycles. The normalized spacial score (nSPS) is 28.1. The molecular weight excluding hydrogens is 430 g/mol. The lowest BCUT2D eigenvalue weighted by atomic mass is 9.55. The van der Waals surface area contributed by atoms with Crippen molar-refractivity contribution in [2.24, 2.45) is 22.7 Å². The third-order valence-corrected chi connectivity index (χ3v) is 8.38. The van der Waals surface area contributed by atoms with Crippen LogP contribution in [0.15, 0.2) is 41.7 Å². The van der Waals surface area contributed by atoms with Gasteiger partial charge in [0.1, 0.15) is 5.69 Å². The van der Waals surface area contributed by atoms with E-state index in [1.165, 1.54) is 0 Å². The van der Waals surface area contributed by atoms with Crippen molar-refractivity contribution in [3.05, 3.63) is 53.5 Å². The molecule has 8 nitrogen and oxygen atoms in total. The number of fused-ring (bicyclic) bond motifs is 4. The first-order valence-electron chi connectivity index (χ1n) is 12.0. The van der Waals surface area contributed by atoms with Crippen LogP contribution in [0.1, 0.15) is 50.1 Å². The van der Waals surface area contributed by atoms with E-state index in [0.29, 0.717) is 30.7 Å². The molecule has 1 spiro atoms. The van der Waals surface area contributed by atoms with Gasteiger partial charge >= 0.3 is 0 Å². The molecule has 1 saturated heterocycles. The molecule has 34 heavy (non-hydrogen) atoms. The third kappa shape index (κ3) is 2.98. The molecule has 3 heterocycles. The molecule has 3 aliphatic rings. The zero-order chi connectivity index (χ0) is 23.5. The summed E-state index contributed by atoms with van der Waals surface area (Å²) < 4.78 is 12.3. The molecule has 3 N–H and O–H groups in total. The minimum absolute atomic E-state index is 0.0168. The van der Waals surface area contributed by atoms with E-state index in [2.05, 4.69) is 24.0 Å². The molecule has 176 valence electrons. The molecule has 3 atom stereocenters. The number of hydrogen-bond acceptors (Lipinski definition) is 7. The summed E-state index contributed by atoms with van der Waals surface area (Å²) in [6, 6.07) is 9.88. The second-order valence-corrected chi connectivity index (χ2v) is 9.94. The zero-order valence-corrected chi connectivity index (χ0v) is 19.5. The Bertz CT molecular complexity index is 1300. The predicted octanol–water partition coefficient (Wildman–Crippen LogP) is 3.78. The average Bonchev–Trinajstić information content (AvgIpc) is 3.35. The molecule has 2 aliphatic carbocycles. The van der Waals surface area contributed by atoms with E-state index in [1.807, 2.05) is 30.3 Å². The first kappa shape index (κ1) is 21.4. The summed E-state index contributed by atoms with van der Waals surface area (Å²) in [4.78, 5) is 14.5. The highest BCUT2D eigenvalue weighted by atomic mass is 16.7. The van der Waals surface area contributed by atoms with Crippen LogP contribution in [0.4, 0.5) is 0 Å². The Morgan fingerprint density at radius 1 is 1.15 bits per heavy atom. The summed E-state index contributed by atoms with van der Waals surface area (Å²) in [6.07, 6.45) is 5.19. The van der Waals surface area contributed by atoms with Crippen LogP contribution in [0, 0.1) is 11.8 Å². The van der Waals surface area contributed by atoms with Gasteiger partial charge in [-0.3, -0.25) is 4.98 Å². The molecule has 0 unspecified atom stereocenters. The van der Waals surface area contributed by atoms with Crippen LogP contribution < -0.4 is 5.73 Å². The number of oxime groups is 1. The lowest BCUT2D eigenvalue weighted by Crippen LogP contribution is -2.55. The molecule has 1 saturated carbocycles. The smallest absolute Gasteiger partial charge is 0.189 e. The molecule has 1 aliphatic heterocycles. The number of ether oxygens (including phenoxy) is 2. The maximum atomic E-state index is 9.56. The van der Waals surface area contributed by atoms with Crippen molar-refractivity contribution in [1.82, 2.24) is 15.0 Å². The number of aromatic nitrogens is 3. The molecule has 0 bridgehead atoms. The Balaban J connectivity index is 1.55. The fourth-order valence-electron chi connectivity index (χ4n) is 6.61. The summed E-state index contributed by atoms with van der Waals surface area (Å²) in [5.74, 6) is 0.663. The quantitative estimate of drug-likeness (QED) is 0.259. The van der Waals surface area contributed by atoms with E-state index in [1.54, 1.807) is 6.20 Å². The number of nitrogens with zero attached hydrogens (tertiary/aromatic N) is 4. The number of benzene rings is 1. The van der Waals surface area contributed by atoms with Crippen molar-refractivity contribution < 1.29 is 14.7 Å². The Kier molecular flexibility index (Phi) is 4.86. The highest BCUT2D eigenvalue weighted by Crippen LogP contribution is 2.57. The van der Waals surface area contributed by atoms with Gasteiger partial charge in [-0.25, -0.2) is 9.97 Å². The van der Waals surface area contributed by atoms with Crippen molar-refractivity contribution in [2.45, 2.75) is 50.7 Å². The average molecular weight is 460 g/mol. The van der Waals surface area contributed by atoms with Crippen LogP contribution in [0.3, 0.4) is 0 Å². The minimum Gasteiger partial charge on any atom is -0.409 e. The maximum Gasteiger partial charge on any atom is 0.189 e. The first-order chi connectivity index (χ1) is 16.5. The Morgan fingerprint density at radius 3 is 2.74 bits per heavy atom. The summed E-state index contributed by atoms with van der Waals surface area (Å²) in [6.45, 7) is 5.85. The van der Waals surface area contributed by atoms with E-state index in [-0.39, 0.29) is 17.2 Å². The van der Waals surface area contributed by atoms with Crippen molar-refractivity contribution >= 4 is 16.7 Å². The fraction of sp³-hybridized carbons (Fsp3) is 0.462. The molecule has 0 amide bonds. The highest BCUT2D eigenvalue weighted by molar-refractivity contribution is 5.98. The van der Waals surface area contributed by atoms with Gasteiger partial charge in [-0.2, -0.15) is 0 Å². The monoisotopic (exact) mass is 459 g/mol. The van der Waals surface area contributed by atoms with E-state index in [4.69, 9.17) is 25.2 Å². The number of rotatable bonds is 2. The number of pyridine rings is 1. The number of hydrogen-bond donors (Lipinski definition) is 2. The van der Waals surface area contributed by atoms with Crippen LogP contribution in [-0.2, 0) is 21.3 Å². The largest absolute Gasteiger partial charge is 0.409 e. The predicted molar refractivity (Wildman–Crippen MR) is 127 cm³/mol. The van der Waals surface area contributed by atoms with Gasteiger partial charge in [0.05, 0.1) is 24.4 Å². The Hall–Kier alpha value is -3.10. The van der Waals surface area contributed by atoms with Crippen LogP contribution in [0.25, 0.3) is 22.3 Å². The van der Waals surface area contributed by atoms with Crippen molar-refractivity contribution in [3.8, 4) is 11.4 Å². The van der Waals surface area contributed by atoms with Gasteiger partial charge in [0.15, 0.2) is 17.4 Å². The SMILES string of the molecule is C[C@@H]1[C@H]2CCc3c(/C(N)=N/O)nc(-c4ccnc5ccccc45)nc3[C@]2(C)CCC12OCCO2. The van der Waals surface area contributed by atoms with E-state index in [9.17, 15) is 5.21 Å². The molecule has 6 rings (SSSR count). The second-order valence-electron chi connectivity index (χ2n) is 9.94. The van der Waals surface area contributed by atoms with E-state index in [0.717, 1.165) is 53.4 Å². The first-order valence-corrected chi connectivity index (χ1v) is 12.0.